The molecule has 0 radical (unpaired) electrons. The minimum atomic E-state index is -0.759. The summed E-state index contributed by atoms with van der Waals surface area (Å²) in [4.78, 5) is 4.30. The Bertz CT molecular complexity index is 707. The Morgan fingerprint density at radius 2 is 1.60 bits per heavy atom. The van der Waals surface area contributed by atoms with Gasteiger partial charge in [0.2, 0.25) is 0 Å². The standard InChI is InChI=1S/C17H16N2O/c18-16(12-6-2-1-3-7-12)17(20)14-10-11-19-15-9-5-4-8-13(14)15/h1-11,16-17,20H,18H2. The van der Waals surface area contributed by atoms with Crippen LogP contribution in [0, 0.1) is 0 Å². The van der Waals surface area contributed by atoms with E-state index in [9.17, 15) is 5.11 Å². The van der Waals surface area contributed by atoms with E-state index >= 15 is 0 Å². The molecule has 3 N–H and O–H groups in total. The Morgan fingerprint density at radius 1 is 0.900 bits per heavy atom. The largest absolute Gasteiger partial charge is 0.386 e. The number of pyridine rings is 1. The quantitative estimate of drug-likeness (QED) is 0.764. The van der Waals surface area contributed by atoms with Gasteiger partial charge in [0, 0.05) is 11.6 Å². The number of nitrogens with zero attached hydrogens (tertiary/aromatic N) is 1. The van der Waals surface area contributed by atoms with Gasteiger partial charge in [0.25, 0.3) is 0 Å². The van der Waals surface area contributed by atoms with Gasteiger partial charge in [-0.1, -0.05) is 48.5 Å². The zero-order valence-corrected chi connectivity index (χ0v) is 11.0. The van der Waals surface area contributed by atoms with E-state index < -0.39 is 12.1 Å². The van der Waals surface area contributed by atoms with Crippen LogP contribution in [0.4, 0.5) is 0 Å². The van der Waals surface area contributed by atoms with Crippen molar-refractivity contribution in [3.63, 3.8) is 0 Å². The van der Waals surface area contributed by atoms with Crippen molar-refractivity contribution in [2.24, 2.45) is 5.73 Å². The molecular formula is C17H16N2O. The summed E-state index contributed by atoms with van der Waals surface area (Å²) in [5.74, 6) is 0. The van der Waals surface area contributed by atoms with E-state index in [-0.39, 0.29) is 0 Å². The fourth-order valence-electron chi connectivity index (χ4n) is 2.43. The molecule has 0 bridgehead atoms. The number of aliphatic hydroxyl groups is 1. The smallest absolute Gasteiger partial charge is 0.0989 e. The SMILES string of the molecule is NC(c1ccccc1)C(O)c1ccnc2ccccc12. The van der Waals surface area contributed by atoms with Crippen molar-refractivity contribution in [3.05, 3.63) is 78.0 Å². The first-order valence-electron chi connectivity index (χ1n) is 6.59. The summed E-state index contributed by atoms with van der Waals surface area (Å²) in [6.07, 6.45) is 0.948. The molecule has 3 nitrogen and oxygen atoms in total. The predicted molar refractivity (Wildman–Crippen MR) is 80.1 cm³/mol. The van der Waals surface area contributed by atoms with Crippen LogP contribution in [-0.4, -0.2) is 10.1 Å². The van der Waals surface area contributed by atoms with E-state index in [1.165, 1.54) is 0 Å². The molecule has 0 aliphatic heterocycles. The first kappa shape index (κ1) is 12.8. The lowest BCUT2D eigenvalue weighted by molar-refractivity contribution is 0.148. The number of rotatable bonds is 3. The van der Waals surface area contributed by atoms with Gasteiger partial charge < -0.3 is 10.8 Å². The summed E-state index contributed by atoms with van der Waals surface area (Å²) >= 11 is 0. The van der Waals surface area contributed by atoms with E-state index in [1.807, 2.05) is 60.7 Å². The highest BCUT2D eigenvalue weighted by Gasteiger charge is 2.20. The van der Waals surface area contributed by atoms with Crippen molar-refractivity contribution in [3.8, 4) is 0 Å². The molecule has 0 aliphatic carbocycles. The van der Waals surface area contributed by atoms with Gasteiger partial charge in [0.1, 0.15) is 0 Å². The molecule has 0 saturated heterocycles. The Hall–Kier alpha value is -2.23. The third-order valence-electron chi connectivity index (χ3n) is 3.53. The number of aliphatic hydroxyl groups excluding tert-OH is 1. The van der Waals surface area contributed by atoms with Crippen molar-refractivity contribution in [1.82, 2.24) is 4.98 Å². The first-order chi connectivity index (χ1) is 9.77. The highest BCUT2D eigenvalue weighted by Crippen LogP contribution is 2.30. The van der Waals surface area contributed by atoms with E-state index in [0.717, 1.165) is 22.0 Å². The molecule has 2 atom stereocenters. The Labute approximate surface area is 117 Å². The second-order valence-corrected chi connectivity index (χ2v) is 4.80. The maximum atomic E-state index is 10.6. The lowest BCUT2D eigenvalue weighted by Crippen LogP contribution is -2.19. The number of aromatic nitrogens is 1. The summed E-state index contributed by atoms with van der Waals surface area (Å²) in [5, 5.41) is 11.5. The van der Waals surface area contributed by atoms with Crippen molar-refractivity contribution in [1.29, 1.82) is 0 Å². The number of para-hydroxylation sites is 1. The predicted octanol–water partition coefficient (Wildman–Crippen LogP) is 2.97. The molecule has 20 heavy (non-hydrogen) atoms. The van der Waals surface area contributed by atoms with E-state index in [0.29, 0.717) is 0 Å². The van der Waals surface area contributed by atoms with Crippen molar-refractivity contribution in [2.75, 3.05) is 0 Å². The molecule has 1 heterocycles. The molecule has 3 aromatic rings. The van der Waals surface area contributed by atoms with Crippen LogP contribution in [0.1, 0.15) is 23.3 Å². The van der Waals surface area contributed by atoms with Crippen LogP contribution in [0.3, 0.4) is 0 Å². The van der Waals surface area contributed by atoms with Gasteiger partial charge in [-0.05, 0) is 23.3 Å². The lowest BCUT2D eigenvalue weighted by atomic mass is 9.94. The van der Waals surface area contributed by atoms with Crippen LogP contribution >= 0.6 is 0 Å². The van der Waals surface area contributed by atoms with Crippen molar-refractivity contribution in [2.45, 2.75) is 12.1 Å². The van der Waals surface area contributed by atoms with Crippen molar-refractivity contribution < 1.29 is 5.11 Å². The summed E-state index contributed by atoms with van der Waals surface area (Å²) in [7, 11) is 0. The number of fused-ring (bicyclic) bond motifs is 1. The fourth-order valence-corrected chi connectivity index (χ4v) is 2.43. The number of hydrogen-bond acceptors (Lipinski definition) is 3. The van der Waals surface area contributed by atoms with Gasteiger partial charge in [-0.2, -0.15) is 0 Å². The molecule has 3 rings (SSSR count). The fraction of sp³-hybridized carbons (Fsp3) is 0.118. The van der Waals surface area contributed by atoms with Gasteiger partial charge in [0.05, 0.1) is 17.7 Å². The van der Waals surface area contributed by atoms with Gasteiger partial charge in [-0.25, -0.2) is 0 Å². The molecule has 1 aromatic heterocycles. The highest BCUT2D eigenvalue weighted by molar-refractivity contribution is 5.82. The first-order valence-corrected chi connectivity index (χ1v) is 6.59. The Morgan fingerprint density at radius 3 is 2.40 bits per heavy atom. The zero-order chi connectivity index (χ0) is 13.9. The van der Waals surface area contributed by atoms with Crippen LogP contribution in [0.2, 0.25) is 0 Å². The zero-order valence-electron chi connectivity index (χ0n) is 11.0. The van der Waals surface area contributed by atoms with Gasteiger partial charge in [-0.15, -0.1) is 0 Å². The molecule has 100 valence electrons. The minimum Gasteiger partial charge on any atom is -0.386 e. The second-order valence-electron chi connectivity index (χ2n) is 4.80. The van der Waals surface area contributed by atoms with Gasteiger partial charge >= 0.3 is 0 Å². The number of benzene rings is 2. The third-order valence-corrected chi connectivity index (χ3v) is 3.53. The molecular weight excluding hydrogens is 248 g/mol. The van der Waals surface area contributed by atoms with Crippen LogP contribution in [0.15, 0.2) is 66.9 Å². The van der Waals surface area contributed by atoms with Crippen molar-refractivity contribution >= 4 is 10.9 Å². The van der Waals surface area contributed by atoms with Gasteiger partial charge in [0.15, 0.2) is 0 Å². The topological polar surface area (TPSA) is 59.1 Å². The third kappa shape index (κ3) is 2.29. The summed E-state index contributed by atoms with van der Waals surface area (Å²) < 4.78 is 0. The second kappa shape index (κ2) is 5.41. The maximum Gasteiger partial charge on any atom is 0.0989 e. The summed E-state index contributed by atoms with van der Waals surface area (Å²) in [6, 6.07) is 18.8. The molecule has 0 spiro atoms. The summed E-state index contributed by atoms with van der Waals surface area (Å²) in [5.41, 5.74) is 8.79. The molecule has 0 amide bonds. The summed E-state index contributed by atoms with van der Waals surface area (Å²) in [6.45, 7) is 0. The molecule has 3 heteroatoms. The highest BCUT2D eigenvalue weighted by atomic mass is 16.3. The molecule has 0 fully saturated rings. The van der Waals surface area contributed by atoms with Gasteiger partial charge in [-0.3, -0.25) is 4.98 Å². The molecule has 0 saturated carbocycles. The maximum absolute atomic E-state index is 10.6. The van der Waals surface area contributed by atoms with Crippen LogP contribution in [0.5, 0.6) is 0 Å². The van der Waals surface area contributed by atoms with Crippen LogP contribution in [0.25, 0.3) is 10.9 Å². The van der Waals surface area contributed by atoms with Crippen LogP contribution in [-0.2, 0) is 0 Å². The number of nitrogens with two attached hydrogens (primary N) is 1. The average Bonchev–Trinajstić information content (AvgIpc) is 2.54. The van der Waals surface area contributed by atoms with E-state index in [4.69, 9.17) is 5.73 Å². The van der Waals surface area contributed by atoms with E-state index in [2.05, 4.69) is 4.98 Å². The normalized spacial score (nSPS) is 14.1. The average molecular weight is 264 g/mol. The molecule has 0 aliphatic rings. The Kier molecular flexibility index (Phi) is 3.46. The number of hydrogen-bond donors (Lipinski definition) is 2. The van der Waals surface area contributed by atoms with E-state index in [1.54, 1.807) is 6.20 Å². The van der Waals surface area contributed by atoms with Crippen LogP contribution < -0.4 is 5.73 Å². The Balaban J connectivity index is 2.03. The monoisotopic (exact) mass is 264 g/mol. The minimum absolute atomic E-state index is 0.456. The molecule has 2 unspecified atom stereocenters. The molecule has 2 aromatic carbocycles. The lowest BCUT2D eigenvalue weighted by Gasteiger charge is -2.20.